The molecular formula is C12H11F4NO. The van der Waals surface area contributed by atoms with Crippen molar-refractivity contribution in [1.29, 1.82) is 0 Å². The van der Waals surface area contributed by atoms with Crippen molar-refractivity contribution in [3.05, 3.63) is 29.7 Å². The first-order valence-electron chi connectivity index (χ1n) is 5.34. The summed E-state index contributed by atoms with van der Waals surface area (Å²) in [4.78, 5) is 2.14. The topological polar surface area (TPSA) is 25.0 Å². The Hall–Kier alpha value is -1.72. The molecule has 2 rings (SSSR count). The van der Waals surface area contributed by atoms with Crippen molar-refractivity contribution >= 4 is 10.9 Å². The number of nitrogens with one attached hydrogen (secondary N) is 1. The minimum Gasteiger partial charge on any atom is -0.488 e. The number of halogens is 4. The first-order valence-corrected chi connectivity index (χ1v) is 5.34. The number of aromatic amines is 1. The smallest absolute Gasteiger partial charge is 0.431 e. The number of H-pyrrole nitrogens is 1. The van der Waals surface area contributed by atoms with Gasteiger partial charge in [0.2, 0.25) is 0 Å². The van der Waals surface area contributed by atoms with E-state index in [1.165, 1.54) is 12.1 Å². The van der Waals surface area contributed by atoms with Gasteiger partial charge in [-0.2, -0.15) is 13.2 Å². The van der Waals surface area contributed by atoms with E-state index in [4.69, 9.17) is 4.74 Å². The zero-order valence-electron chi connectivity index (χ0n) is 9.73. The van der Waals surface area contributed by atoms with Crippen LogP contribution < -0.4 is 4.74 Å². The maximum absolute atomic E-state index is 13.9. The van der Waals surface area contributed by atoms with Gasteiger partial charge in [-0.3, -0.25) is 0 Å². The van der Waals surface area contributed by atoms with Crippen molar-refractivity contribution < 1.29 is 22.3 Å². The highest BCUT2D eigenvalue weighted by molar-refractivity contribution is 5.83. The summed E-state index contributed by atoms with van der Waals surface area (Å²) < 4.78 is 56.5. The molecule has 98 valence electrons. The molecule has 0 saturated carbocycles. The number of aromatic nitrogens is 1. The van der Waals surface area contributed by atoms with Crippen molar-refractivity contribution in [2.45, 2.75) is 26.1 Å². The highest BCUT2D eigenvalue weighted by Crippen LogP contribution is 2.34. The zero-order valence-corrected chi connectivity index (χ0v) is 9.73. The molecule has 1 heterocycles. The van der Waals surface area contributed by atoms with E-state index >= 15 is 0 Å². The molecule has 2 aromatic rings. The predicted octanol–water partition coefficient (Wildman–Crippen LogP) is 4.11. The van der Waals surface area contributed by atoms with Crippen LogP contribution in [-0.4, -0.2) is 11.1 Å². The summed E-state index contributed by atoms with van der Waals surface area (Å²) in [6.45, 7) is 3.42. The number of benzene rings is 1. The van der Waals surface area contributed by atoms with Gasteiger partial charge < -0.3 is 9.72 Å². The maximum atomic E-state index is 13.9. The fourth-order valence-corrected chi connectivity index (χ4v) is 1.65. The number of rotatable bonds is 2. The van der Waals surface area contributed by atoms with Gasteiger partial charge in [-0.15, -0.1) is 0 Å². The summed E-state index contributed by atoms with van der Waals surface area (Å²) in [5.41, 5.74) is -0.881. The van der Waals surface area contributed by atoms with Gasteiger partial charge in [0.1, 0.15) is 5.69 Å². The molecule has 1 aromatic heterocycles. The largest absolute Gasteiger partial charge is 0.488 e. The monoisotopic (exact) mass is 261 g/mol. The molecule has 0 unspecified atom stereocenters. The molecule has 2 nitrogen and oxygen atoms in total. The molecule has 0 atom stereocenters. The standard InChI is InChI=1S/C12H11F4NO/c1-6(2)18-9-4-3-8-7(11(9)13)5-10(17-8)12(14,15)16/h3-6,17H,1-2H3. The van der Waals surface area contributed by atoms with Gasteiger partial charge in [0.05, 0.1) is 6.10 Å². The molecule has 0 spiro atoms. The lowest BCUT2D eigenvalue weighted by Gasteiger charge is -2.10. The van der Waals surface area contributed by atoms with Crippen LogP contribution in [0.25, 0.3) is 10.9 Å². The van der Waals surface area contributed by atoms with E-state index in [0.717, 1.165) is 6.07 Å². The van der Waals surface area contributed by atoms with Crippen LogP contribution in [-0.2, 0) is 6.18 Å². The normalized spacial score (nSPS) is 12.4. The Morgan fingerprint density at radius 3 is 2.44 bits per heavy atom. The summed E-state index contributed by atoms with van der Waals surface area (Å²) >= 11 is 0. The van der Waals surface area contributed by atoms with Crippen molar-refractivity contribution in [2.75, 3.05) is 0 Å². The lowest BCUT2D eigenvalue weighted by Crippen LogP contribution is -2.06. The summed E-state index contributed by atoms with van der Waals surface area (Å²) in [7, 11) is 0. The molecule has 0 bridgehead atoms. The maximum Gasteiger partial charge on any atom is 0.431 e. The molecule has 0 radical (unpaired) electrons. The molecule has 0 aliphatic carbocycles. The highest BCUT2D eigenvalue weighted by Gasteiger charge is 2.33. The van der Waals surface area contributed by atoms with Crippen LogP contribution in [0, 0.1) is 5.82 Å². The summed E-state index contributed by atoms with van der Waals surface area (Å²) in [6.07, 6.45) is -4.78. The van der Waals surface area contributed by atoms with Crippen molar-refractivity contribution in [3.8, 4) is 5.75 Å². The van der Waals surface area contributed by atoms with E-state index < -0.39 is 17.7 Å². The summed E-state index contributed by atoms with van der Waals surface area (Å²) in [6, 6.07) is 3.43. The van der Waals surface area contributed by atoms with Gasteiger partial charge in [-0.1, -0.05) is 0 Å². The molecular weight excluding hydrogens is 250 g/mol. The lowest BCUT2D eigenvalue weighted by atomic mass is 10.2. The number of alkyl halides is 3. The average Bonchev–Trinajstić information content (AvgIpc) is 2.66. The Morgan fingerprint density at radius 2 is 1.89 bits per heavy atom. The minimum atomic E-state index is -4.52. The van der Waals surface area contributed by atoms with Crippen molar-refractivity contribution in [3.63, 3.8) is 0 Å². The van der Waals surface area contributed by atoms with E-state index in [2.05, 4.69) is 4.98 Å². The van der Waals surface area contributed by atoms with E-state index in [9.17, 15) is 17.6 Å². The Labute approximate surface area is 101 Å². The first-order chi connectivity index (χ1) is 8.29. The summed E-state index contributed by atoms with van der Waals surface area (Å²) in [5, 5.41) is -0.125. The van der Waals surface area contributed by atoms with Crippen LogP contribution in [0.2, 0.25) is 0 Å². The molecule has 0 aliphatic heterocycles. The van der Waals surface area contributed by atoms with Crippen molar-refractivity contribution in [1.82, 2.24) is 4.98 Å². The van der Waals surface area contributed by atoms with Gasteiger partial charge in [0, 0.05) is 10.9 Å². The predicted molar refractivity (Wildman–Crippen MR) is 59.0 cm³/mol. The molecule has 0 saturated heterocycles. The fourth-order valence-electron chi connectivity index (χ4n) is 1.65. The molecule has 1 aromatic carbocycles. The average molecular weight is 261 g/mol. The van der Waals surface area contributed by atoms with Crippen LogP contribution >= 0.6 is 0 Å². The van der Waals surface area contributed by atoms with Crippen molar-refractivity contribution in [2.24, 2.45) is 0 Å². The van der Waals surface area contributed by atoms with Gasteiger partial charge in [-0.05, 0) is 32.0 Å². The van der Waals surface area contributed by atoms with Crippen LogP contribution in [0.3, 0.4) is 0 Å². The van der Waals surface area contributed by atoms with Gasteiger partial charge in [0.15, 0.2) is 11.6 Å². The Balaban J connectivity index is 2.54. The van der Waals surface area contributed by atoms with Gasteiger partial charge >= 0.3 is 6.18 Å². The van der Waals surface area contributed by atoms with Gasteiger partial charge in [0.25, 0.3) is 0 Å². The molecule has 18 heavy (non-hydrogen) atoms. The second-order valence-corrected chi connectivity index (χ2v) is 4.19. The second kappa shape index (κ2) is 4.19. The molecule has 0 aliphatic rings. The molecule has 6 heteroatoms. The van der Waals surface area contributed by atoms with Crippen LogP contribution in [0.5, 0.6) is 5.75 Å². The van der Waals surface area contributed by atoms with Gasteiger partial charge in [-0.25, -0.2) is 4.39 Å². The number of fused-ring (bicyclic) bond motifs is 1. The third-order valence-corrected chi connectivity index (χ3v) is 2.37. The second-order valence-electron chi connectivity index (χ2n) is 4.19. The lowest BCUT2D eigenvalue weighted by molar-refractivity contribution is -0.140. The van der Waals surface area contributed by atoms with Crippen LogP contribution in [0.1, 0.15) is 19.5 Å². The van der Waals surface area contributed by atoms with E-state index in [1.54, 1.807) is 13.8 Å². The van der Waals surface area contributed by atoms with E-state index in [-0.39, 0.29) is 22.8 Å². The molecule has 1 N–H and O–H groups in total. The highest BCUT2D eigenvalue weighted by atomic mass is 19.4. The number of ether oxygens (including phenoxy) is 1. The third kappa shape index (κ3) is 2.27. The summed E-state index contributed by atoms with van der Waals surface area (Å²) in [5.74, 6) is -0.835. The number of hydrogen-bond acceptors (Lipinski definition) is 1. The van der Waals surface area contributed by atoms with Crippen LogP contribution in [0.4, 0.5) is 17.6 Å². The van der Waals surface area contributed by atoms with E-state index in [1.807, 2.05) is 0 Å². The minimum absolute atomic E-state index is 0.0507. The Morgan fingerprint density at radius 1 is 1.22 bits per heavy atom. The quantitative estimate of drug-likeness (QED) is 0.808. The SMILES string of the molecule is CC(C)Oc1ccc2[nH]c(C(F)(F)F)cc2c1F. The zero-order chi connectivity index (χ0) is 13.5. The third-order valence-electron chi connectivity index (χ3n) is 2.37. The molecule has 0 amide bonds. The number of hydrogen-bond donors (Lipinski definition) is 1. The first kappa shape index (κ1) is 12.7. The van der Waals surface area contributed by atoms with Crippen LogP contribution in [0.15, 0.2) is 18.2 Å². The Bertz CT molecular complexity index is 571. The molecule has 0 fully saturated rings. The Kier molecular flexibility index (Phi) is 2.96. The van der Waals surface area contributed by atoms with E-state index in [0.29, 0.717) is 0 Å². The fraction of sp³-hybridized carbons (Fsp3) is 0.333.